The van der Waals surface area contributed by atoms with Gasteiger partial charge >= 0.3 is 5.97 Å². The highest BCUT2D eigenvalue weighted by Gasteiger charge is 2.45. The van der Waals surface area contributed by atoms with Crippen molar-refractivity contribution >= 4 is 5.97 Å². The van der Waals surface area contributed by atoms with Crippen molar-refractivity contribution < 1.29 is 24.3 Å². The van der Waals surface area contributed by atoms with Gasteiger partial charge in [0.15, 0.2) is 11.5 Å². The van der Waals surface area contributed by atoms with Crippen molar-refractivity contribution in [3.8, 4) is 11.5 Å². The van der Waals surface area contributed by atoms with Crippen LogP contribution in [0.15, 0.2) is 36.4 Å². The van der Waals surface area contributed by atoms with Gasteiger partial charge in [-0.1, -0.05) is 25.1 Å². The maximum absolute atomic E-state index is 11.9. The molecule has 142 valence electrons. The van der Waals surface area contributed by atoms with E-state index in [4.69, 9.17) is 9.47 Å². The molecule has 3 atom stereocenters. The lowest BCUT2D eigenvalue weighted by Crippen LogP contribution is -2.40. The molecule has 0 fully saturated rings. The monoisotopic (exact) mass is 371 g/mol. The quantitative estimate of drug-likeness (QED) is 0.639. The van der Waals surface area contributed by atoms with Gasteiger partial charge in [-0.2, -0.15) is 0 Å². The van der Waals surface area contributed by atoms with E-state index < -0.39 is 17.9 Å². The number of ether oxygens (including phenoxy) is 2. The lowest BCUT2D eigenvalue weighted by molar-refractivity contribution is -0.535. The molecular formula is C20H21NO6. The summed E-state index contributed by atoms with van der Waals surface area (Å²) in [5, 5.41) is 21.5. The zero-order valence-electron chi connectivity index (χ0n) is 15.3. The fourth-order valence-corrected chi connectivity index (χ4v) is 4.03. The van der Waals surface area contributed by atoms with Crippen LogP contribution in [-0.4, -0.2) is 36.3 Å². The van der Waals surface area contributed by atoms with Gasteiger partial charge in [0.2, 0.25) is 6.04 Å². The van der Waals surface area contributed by atoms with E-state index in [1.807, 2.05) is 13.0 Å². The van der Waals surface area contributed by atoms with Crippen LogP contribution in [-0.2, 0) is 6.42 Å². The van der Waals surface area contributed by atoms with Crippen molar-refractivity contribution in [1.29, 1.82) is 0 Å². The Kier molecular flexibility index (Phi) is 5.03. The van der Waals surface area contributed by atoms with Crippen molar-refractivity contribution in [2.75, 3.05) is 14.2 Å². The molecule has 27 heavy (non-hydrogen) atoms. The van der Waals surface area contributed by atoms with Crippen LogP contribution in [0.4, 0.5) is 0 Å². The summed E-state index contributed by atoms with van der Waals surface area (Å²) < 4.78 is 10.7. The van der Waals surface area contributed by atoms with Gasteiger partial charge < -0.3 is 14.6 Å². The van der Waals surface area contributed by atoms with Crippen molar-refractivity contribution in [3.05, 3.63) is 68.8 Å². The molecule has 0 saturated carbocycles. The summed E-state index contributed by atoms with van der Waals surface area (Å²) in [7, 11) is 3.04. The predicted molar refractivity (Wildman–Crippen MR) is 98.4 cm³/mol. The SMILES string of the molecule is COc1cc2c(cc1OC)[C@@H](c1ccccc1C(=O)O)[C@H]([N+](=O)[O-])[C@H](C)C2. The third-order valence-electron chi connectivity index (χ3n) is 5.22. The Morgan fingerprint density at radius 3 is 2.37 bits per heavy atom. The van der Waals surface area contributed by atoms with Gasteiger partial charge in [0.1, 0.15) is 0 Å². The molecule has 7 nitrogen and oxygen atoms in total. The second-order valence-electron chi connectivity index (χ2n) is 6.73. The Bertz CT molecular complexity index is 894. The molecule has 0 spiro atoms. The van der Waals surface area contributed by atoms with E-state index in [0.717, 1.165) is 5.56 Å². The molecule has 1 aliphatic carbocycles. The molecule has 2 aromatic carbocycles. The van der Waals surface area contributed by atoms with Gasteiger partial charge in [0, 0.05) is 10.8 Å². The van der Waals surface area contributed by atoms with Crippen LogP contribution >= 0.6 is 0 Å². The third kappa shape index (κ3) is 3.20. The number of benzene rings is 2. The number of nitro groups is 1. The Labute approximate surface area is 156 Å². The molecule has 0 aromatic heterocycles. The Morgan fingerprint density at radius 1 is 1.15 bits per heavy atom. The van der Waals surface area contributed by atoms with Gasteiger partial charge in [-0.15, -0.1) is 0 Å². The first-order valence-electron chi connectivity index (χ1n) is 8.59. The fraction of sp³-hybridized carbons (Fsp3) is 0.350. The molecule has 2 aromatic rings. The second-order valence-corrected chi connectivity index (χ2v) is 6.73. The number of carbonyl (C=O) groups is 1. The number of carboxylic acid groups (broad SMARTS) is 1. The summed E-state index contributed by atoms with van der Waals surface area (Å²) in [6, 6.07) is 9.10. The maximum atomic E-state index is 11.9. The third-order valence-corrected chi connectivity index (χ3v) is 5.22. The van der Waals surface area contributed by atoms with Crippen LogP contribution in [0.3, 0.4) is 0 Å². The molecule has 3 rings (SSSR count). The van der Waals surface area contributed by atoms with E-state index in [9.17, 15) is 20.0 Å². The van der Waals surface area contributed by atoms with Crippen molar-refractivity contribution in [1.82, 2.24) is 0 Å². The summed E-state index contributed by atoms with van der Waals surface area (Å²) >= 11 is 0. The van der Waals surface area contributed by atoms with Gasteiger partial charge in [0.25, 0.3) is 0 Å². The van der Waals surface area contributed by atoms with E-state index in [-0.39, 0.29) is 16.4 Å². The molecule has 7 heteroatoms. The average Bonchev–Trinajstić information content (AvgIpc) is 2.65. The van der Waals surface area contributed by atoms with Crippen LogP contribution in [0.1, 0.15) is 39.9 Å². The summed E-state index contributed by atoms with van der Waals surface area (Å²) in [6.45, 7) is 1.82. The molecule has 0 radical (unpaired) electrons. The lowest BCUT2D eigenvalue weighted by Gasteiger charge is -2.34. The average molecular weight is 371 g/mol. The fourth-order valence-electron chi connectivity index (χ4n) is 4.03. The first kappa shape index (κ1) is 18.7. The number of hydrogen-bond acceptors (Lipinski definition) is 5. The van der Waals surface area contributed by atoms with E-state index in [1.54, 1.807) is 24.3 Å². The minimum Gasteiger partial charge on any atom is -0.493 e. The Hall–Kier alpha value is -3.09. The normalized spacial score (nSPS) is 21.2. The number of hydrogen-bond donors (Lipinski definition) is 1. The van der Waals surface area contributed by atoms with E-state index >= 15 is 0 Å². The molecule has 1 N–H and O–H groups in total. The molecule has 0 amide bonds. The van der Waals surface area contributed by atoms with Crippen LogP contribution in [0.2, 0.25) is 0 Å². The highest BCUT2D eigenvalue weighted by atomic mass is 16.6. The largest absolute Gasteiger partial charge is 0.493 e. The topological polar surface area (TPSA) is 98.9 Å². The summed E-state index contributed by atoms with van der Waals surface area (Å²) in [4.78, 5) is 23.4. The molecular weight excluding hydrogens is 350 g/mol. The Balaban J connectivity index is 2.30. The molecule has 0 heterocycles. The van der Waals surface area contributed by atoms with Gasteiger partial charge in [0.05, 0.1) is 25.7 Å². The van der Waals surface area contributed by atoms with Gasteiger partial charge in [-0.25, -0.2) is 4.79 Å². The van der Waals surface area contributed by atoms with Crippen LogP contribution < -0.4 is 9.47 Å². The lowest BCUT2D eigenvalue weighted by atomic mass is 9.70. The summed E-state index contributed by atoms with van der Waals surface area (Å²) in [5.74, 6) is -1.05. The summed E-state index contributed by atoms with van der Waals surface area (Å²) in [6.07, 6.45) is 0.507. The molecule has 0 bridgehead atoms. The Morgan fingerprint density at radius 2 is 1.78 bits per heavy atom. The number of rotatable bonds is 5. The minimum atomic E-state index is -1.10. The highest BCUT2D eigenvalue weighted by molar-refractivity contribution is 5.90. The van der Waals surface area contributed by atoms with E-state index in [0.29, 0.717) is 29.0 Å². The van der Waals surface area contributed by atoms with Crippen LogP contribution in [0.5, 0.6) is 11.5 Å². The van der Waals surface area contributed by atoms with Crippen molar-refractivity contribution in [2.24, 2.45) is 5.92 Å². The second kappa shape index (κ2) is 7.26. The molecule has 1 aliphatic rings. The standard InChI is InChI=1S/C20H21NO6/c1-11-8-12-9-16(26-2)17(27-3)10-15(12)18(19(11)21(24)25)13-6-4-5-7-14(13)20(22)23/h4-7,9-11,18-19H,8H2,1-3H3,(H,22,23)/t11-,18-,19-/m1/s1. The zero-order chi connectivity index (χ0) is 19.7. The van der Waals surface area contributed by atoms with E-state index in [1.165, 1.54) is 20.3 Å². The number of nitrogens with zero attached hydrogens (tertiary/aromatic N) is 1. The maximum Gasteiger partial charge on any atom is 0.335 e. The number of carboxylic acids is 1. The number of fused-ring (bicyclic) bond motifs is 1. The van der Waals surface area contributed by atoms with Crippen LogP contribution in [0, 0.1) is 16.0 Å². The highest BCUT2D eigenvalue weighted by Crippen LogP contribution is 2.45. The minimum absolute atomic E-state index is 0.0733. The predicted octanol–water partition coefficient (Wildman–Crippen LogP) is 3.37. The molecule has 0 unspecified atom stereocenters. The first-order valence-corrected chi connectivity index (χ1v) is 8.59. The van der Waals surface area contributed by atoms with E-state index in [2.05, 4.69) is 0 Å². The molecule has 0 saturated heterocycles. The first-order chi connectivity index (χ1) is 12.9. The van der Waals surface area contributed by atoms with Crippen molar-refractivity contribution in [2.45, 2.75) is 25.3 Å². The van der Waals surface area contributed by atoms with Crippen molar-refractivity contribution in [3.63, 3.8) is 0 Å². The summed E-state index contributed by atoms with van der Waals surface area (Å²) in [5.41, 5.74) is 2.13. The van der Waals surface area contributed by atoms with Gasteiger partial charge in [-0.3, -0.25) is 10.1 Å². The zero-order valence-corrected chi connectivity index (χ0v) is 15.3. The van der Waals surface area contributed by atoms with Gasteiger partial charge in [-0.05, 0) is 41.3 Å². The molecule has 0 aliphatic heterocycles. The number of aromatic carboxylic acids is 1. The smallest absolute Gasteiger partial charge is 0.335 e. The number of methoxy groups -OCH3 is 2. The van der Waals surface area contributed by atoms with Crippen LogP contribution in [0.25, 0.3) is 0 Å².